The fraction of sp³-hybridized carbons (Fsp3) is 0.273. The summed E-state index contributed by atoms with van der Waals surface area (Å²) in [5, 5.41) is 0. The van der Waals surface area contributed by atoms with Gasteiger partial charge in [-0.2, -0.15) is 0 Å². The summed E-state index contributed by atoms with van der Waals surface area (Å²) in [6.07, 6.45) is 10.7. The average molecular weight is 262 g/mol. The molecule has 0 spiro atoms. The molecule has 16 heavy (non-hydrogen) atoms. The van der Waals surface area contributed by atoms with Crippen molar-refractivity contribution in [2.75, 3.05) is 0 Å². The fourth-order valence-corrected chi connectivity index (χ4v) is 2.39. The molecule has 87 valence electrons. The monoisotopic (exact) mass is 262 g/mol. The Morgan fingerprint density at radius 3 is 3.19 bits per heavy atom. The van der Waals surface area contributed by atoms with E-state index in [-0.39, 0.29) is 4.72 Å². The van der Waals surface area contributed by atoms with Crippen LogP contribution in [0.5, 0.6) is 0 Å². The van der Waals surface area contributed by atoms with E-state index in [1.54, 1.807) is 12.5 Å². The number of H-pyrrole nitrogens is 1. The number of carbonyl (C=O) groups excluding carboxylic acids is 1. The van der Waals surface area contributed by atoms with Crippen LogP contribution in [-0.2, 0) is 25.9 Å². The molecule has 1 atom stereocenters. The average Bonchev–Trinajstić information content (AvgIpc) is 2.90. The Bertz CT molecular complexity index is 422. The van der Waals surface area contributed by atoms with Crippen LogP contribution in [0.25, 0.3) is 0 Å². The number of nitrogens with one attached hydrogen (secondary N) is 1. The topological polar surface area (TPSA) is 71.8 Å². The van der Waals surface area contributed by atoms with Crippen LogP contribution in [0.3, 0.4) is 0 Å². The number of hydrogen-bond donors (Lipinski definition) is 2. The van der Waals surface area contributed by atoms with Gasteiger partial charge in [0, 0.05) is 0 Å². The van der Waals surface area contributed by atoms with E-state index in [4.69, 9.17) is 5.73 Å². The summed E-state index contributed by atoms with van der Waals surface area (Å²) < 4.78 is 1.16. The first-order valence-electron chi connectivity index (χ1n) is 4.99. The molecule has 0 aromatic carbocycles. The zero-order valence-corrected chi connectivity index (χ0v) is 9.69. The molecule has 0 bridgehead atoms. The first kappa shape index (κ1) is 11.3. The number of nitrogens with two attached hydrogens (primary N) is 1. The van der Waals surface area contributed by atoms with Gasteiger partial charge in [-0.3, -0.25) is 0 Å². The summed E-state index contributed by atoms with van der Waals surface area (Å²) in [4.78, 5) is 18.7. The number of rotatable bonds is 5. The molecule has 4 nitrogen and oxygen atoms in total. The SMILES string of the molecule is N[C@@H](Cc1c[nH]cn1)[C](=O)[Co][C]1=CC=CC1. The molecule has 1 aliphatic rings. The Kier molecular flexibility index (Phi) is 3.71. The molecule has 1 aliphatic carbocycles. The first-order valence-corrected chi connectivity index (χ1v) is 6.03. The number of aromatic nitrogens is 2. The van der Waals surface area contributed by atoms with Crippen LogP contribution >= 0.6 is 0 Å². The van der Waals surface area contributed by atoms with E-state index in [0.717, 1.165) is 31.3 Å². The van der Waals surface area contributed by atoms with Crippen LogP contribution < -0.4 is 5.73 Å². The molecule has 1 heterocycles. The quantitative estimate of drug-likeness (QED) is 0.821. The second kappa shape index (κ2) is 5.24. The predicted molar refractivity (Wildman–Crippen MR) is 57.1 cm³/mol. The molecule has 2 rings (SSSR count). The van der Waals surface area contributed by atoms with E-state index in [1.165, 1.54) is 0 Å². The van der Waals surface area contributed by atoms with Gasteiger partial charge in [-0.25, -0.2) is 0 Å². The van der Waals surface area contributed by atoms with Crippen LogP contribution in [-0.4, -0.2) is 20.7 Å². The Hall–Kier alpha value is -1.17. The van der Waals surface area contributed by atoms with Crippen molar-refractivity contribution < 1.29 is 19.5 Å². The fourth-order valence-electron chi connectivity index (χ4n) is 1.34. The van der Waals surface area contributed by atoms with Crippen molar-refractivity contribution >= 4 is 4.72 Å². The first-order chi connectivity index (χ1) is 7.75. The van der Waals surface area contributed by atoms with E-state index in [2.05, 4.69) is 9.97 Å². The van der Waals surface area contributed by atoms with Gasteiger partial charge >= 0.3 is 99.7 Å². The van der Waals surface area contributed by atoms with Crippen molar-refractivity contribution in [2.45, 2.75) is 18.9 Å². The third-order valence-electron chi connectivity index (χ3n) is 2.16. The number of imidazole rings is 1. The van der Waals surface area contributed by atoms with Crippen molar-refractivity contribution in [3.05, 3.63) is 41.0 Å². The van der Waals surface area contributed by atoms with Gasteiger partial charge in [-0.05, 0) is 0 Å². The zero-order valence-electron chi connectivity index (χ0n) is 8.64. The molecule has 3 N–H and O–H groups in total. The number of nitrogens with zero attached hydrogens (tertiary/aromatic N) is 1. The van der Waals surface area contributed by atoms with Crippen molar-refractivity contribution in [3.8, 4) is 0 Å². The van der Waals surface area contributed by atoms with Gasteiger partial charge < -0.3 is 0 Å². The summed E-state index contributed by atoms with van der Waals surface area (Å²) >= 11 is 0.748. The van der Waals surface area contributed by atoms with E-state index in [1.807, 2.05) is 18.2 Å². The van der Waals surface area contributed by atoms with Gasteiger partial charge in [-0.15, -0.1) is 0 Å². The van der Waals surface area contributed by atoms with Gasteiger partial charge in [-0.1, -0.05) is 0 Å². The number of carbonyl (C=O) groups is 1. The maximum atomic E-state index is 11.8. The maximum absolute atomic E-state index is 11.8. The minimum absolute atomic E-state index is 0.0502. The van der Waals surface area contributed by atoms with Crippen LogP contribution in [0.4, 0.5) is 0 Å². The van der Waals surface area contributed by atoms with Crippen LogP contribution in [0, 0.1) is 0 Å². The summed E-state index contributed by atoms with van der Waals surface area (Å²) in [5.74, 6) is 0. The van der Waals surface area contributed by atoms with Gasteiger partial charge in [0.15, 0.2) is 0 Å². The van der Waals surface area contributed by atoms with Crippen molar-refractivity contribution in [1.82, 2.24) is 9.97 Å². The summed E-state index contributed by atoms with van der Waals surface area (Å²) in [6, 6.07) is -0.468. The number of hydrogen-bond acceptors (Lipinski definition) is 3. The van der Waals surface area contributed by atoms with Gasteiger partial charge in [0.05, 0.1) is 0 Å². The molecule has 0 fully saturated rings. The standard InChI is InChI=1S/C6H8N3O.C5H5.Co/c7-5(3-10)1-6-2-8-4-9-6;1-2-4-5-3-1;/h2,4-5H,1,7H2,(H,8,9);1-3H,4H2;/t5-;;/m0../s1. The Labute approximate surface area is 100 Å². The van der Waals surface area contributed by atoms with Crippen molar-refractivity contribution in [2.24, 2.45) is 5.73 Å². The molecule has 0 saturated carbocycles. The number of aromatic amines is 1. The van der Waals surface area contributed by atoms with E-state index in [0.29, 0.717) is 6.42 Å². The predicted octanol–water partition coefficient (Wildman–Crippen LogP) is 0.732. The Morgan fingerprint density at radius 1 is 1.69 bits per heavy atom. The summed E-state index contributed by atoms with van der Waals surface area (Å²) in [6.45, 7) is 0. The van der Waals surface area contributed by atoms with E-state index < -0.39 is 6.04 Å². The molecule has 5 heteroatoms. The Balaban J connectivity index is 1.85. The second-order valence-electron chi connectivity index (χ2n) is 3.45. The summed E-state index contributed by atoms with van der Waals surface area (Å²) in [7, 11) is 0. The molecule has 0 aliphatic heterocycles. The minimum atomic E-state index is -0.468. The van der Waals surface area contributed by atoms with Crippen molar-refractivity contribution in [3.63, 3.8) is 0 Å². The second-order valence-corrected chi connectivity index (χ2v) is 4.90. The normalized spacial score (nSPS) is 16.4. The summed E-state index contributed by atoms with van der Waals surface area (Å²) in [5.41, 5.74) is 6.66. The third kappa shape index (κ3) is 2.91. The van der Waals surface area contributed by atoms with Crippen LogP contribution in [0.2, 0.25) is 0 Å². The third-order valence-corrected chi connectivity index (χ3v) is 3.52. The molecule has 0 unspecified atom stereocenters. The van der Waals surface area contributed by atoms with Crippen LogP contribution in [0.15, 0.2) is 35.3 Å². The molecule has 0 amide bonds. The van der Waals surface area contributed by atoms with E-state index in [9.17, 15) is 4.79 Å². The molecular formula is C11H13CoN3O. The molecule has 0 radical (unpaired) electrons. The van der Waals surface area contributed by atoms with E-state index >= 15 is 0 Å². The molecule has 1 aromatic heterocycles. The molecular weight excluding hydrogens is 249 g/mol. The molecule has 0 saturated heterocycles. The molecule has 1 aromatic rings. The van der Waals surface area contributed by atoms with Gasteiger partial charge in [0.1, 0.15) is 0 Å². The van der Waals surface area contributed by atoms with Crippen molar-refractivity contribution in [1.29, 1.82) is 0 Å². The Morgan fingerprint density at radius 2 is 2.56 bits per heavy atom. The van der Waals surface area contributed by atoms with Gasteiger partial charge in [0.25, 0.3) is 0 Å². The zero-order chi connectivity index (χ0) is 11.4. The number of allylic oxidation sites excluding steroid dienone is 4. The van der Waals surface area contributed by atoms with Crippen LogP contribution in [0.1, 0.15) is 12.1 Å². The van der Waals surface area contributed by atoms with Gasteiger partial charge in [0.2, 0.25) is 0 Å².